The second-order valence-electron chi connectivity index (χ2n) is 4.01. The van der Waals surface area contributed by atoms with Gasteiger partial charge in [0.2, 0.25) is 5.91 Å². The standard InChI is InChI=1S/C11H23NO2/c1-5-8(3)10(13)7-12-11(14)9(4)6-2/h8-10,13H,5-7H2,1-4H3,(H,12,14)/t8-,9-,10+/m0/s1. The van der Waals surface area contributed by atoms with Gasteiger partial charge in [-0.25, -0.2) is 0 Å². The minimum Gasteiger partial charge on any atom is -0.391 e. The Bertz CT molecular complexity index is 171. The van der Waals surface area contributed by atoms with Crippen LogP contribution in [-0.4, -0.2) is 23.7 Å². The maximum atomic E-state index is 11.4. The fraction of sp³-hybridized carbons (Fsp3) is 0.909. The third-order valence-electron chi connectivity index (χ3n) is 2.85. The van der Waals surface area contributed by atoms with Crippen molar-refractivity contribution in [2.75, 3.05) is 6.54 Å². The molecule has 0 aliphatic heterocycles. The maximum absolute atomic E-state index is 11.4. The van der Waals surface area contributed by atoms with E-state index in [2.05, 4.69) is 5.32 Å². The van der Waals surface area contributed by atoms with Gasteiger partial charge in [-0.1, -0.05) is 34.1 Å². The zero-order valence-electron chi connectivity index (χ0n) is 9.71. The van der Waals surface area contributed by atoms with Crippen LogP contribution in [0.25, 0.3) is 0 Å². The molecule has 0 aliphatic rings. The lowest BCUT2D eigenvalue weighted by atomic mass is 10.0. The molecule has 0 bridgehead atoms. The molecule has 0 fully saturated rings. The predicted octanol–water partition coefficient (Wildman–Crippen LogP) is 1.56. The monoisotopic (exact) mass is 201 g/mol. The summed E-state index contributed by atoms with van der Waals surface area (Å²) in [6, 6.07) is 0. The molecule has 0 rings (SSSR count). The molecule has 0 saturated heterocycles. The highest BCUT2D eigenvalue weighted by molar-refractivity contribution is 5.78. The highest BCUT2D eigenvalue weighted by Crippen LogP contribution is 2.06. The van der Waals surface area contributed by atoms with Crippen molar-refractivity contribution in [1.82, 2.24) is 5.32 Å². The summed E-state index contributed by atoms with van der Waals surface area (Å²) in [5, 5.41) is 12.4. The number of rotatable bonds is 6. The topological polar surface area (TPSA) is 49.3 Å². The number of carbonyl (C=O) groups excluding carboxylic acids is 1. The van der Waals surface area contributed by atoms with Crippen molar-refractivity contribution in [3.05, 3.63) is 0 Å². The van der Waals surface area contributed by atoms with E-state index in [0.717, 1.165) is 12.8 Å². The van der Waals surface area contributed by atoms with Crippen molar-refractivity contribution < 1.29 is 9.90 Å². The van der Waals surface area contributed by atoms with Crippen molar-refractivity contribution in [2.24, 2.45) is 11.8 Å². The largest absolute Gasteiger partial charge is 0.391 e. The lowest BCUT2D eigenvalue weighted by Gasteiger charge is -2.18. The van der Waals surface area contributed by atoms with Gasteiger partial charge in [0.15, 0.2) is 0 Å². The van der Waals surface area contributed by atoms with Gasteiger partial charge in [0.1, 0.15) is 0 Å². The average Bonchev–Trinajstić information content (AvgIpc) is 2.22. The van der Waals surface area contributed by atoms with Gasteiger partial charge in [0, 0.05) is 12.5 Å². The van der Waals surface area contributed by atoms with Crippen LogP contribution in [0.5, 0.6) is 0 Å². The minimum absolute atomic E-state index is 0.0369. The highest BCUT2D eigenvalue weighted by Gasteiger charge is 2.15. The first-order valence-electron chi connectivity index (χ1n) is 5.48. The molecular formula is C11H23NO2. The van der Waals surface area contributed by atoms with Crippen molar-refractivity contribution in [2.45, 2.75) is 46.6 Å². The van der Waals surface area contributed by atoms with Crippen LogP contribution in [0.1, 0.15) is 40.5 Å². The van der Waals surface area contributed by atoms with Gasteiger partial charge in [-0.15, -0.1) is 0 Å². The second-order valence-corrected chi connectivity index (χ2v) is 4.01. The first-order chi connectivity index (χ1) is 6.52. The molecule has 14 heavy (non-hydrogen) atoms. The zero-order chi connectivity index (χ0) is 11.1. The van der Waals surface area contributed by atoms with E-state index in [4.69, 9.17) is 0 Å². The molecule has 0 aromatic rings. The Morgan fingerprint density at radius 1 is 1.29 bits per heavy atom. The first kappa shape index (κ1) is 13.4. The molecule has 0 aromatic heterocycles. The zero-order valence-corrected chi connectivity index (χ0v) is 9.71. The summed E-state index contributed by atoms with van der Waals surface area (Å²) >= 11 is 0. The first-order valence-corrected chi connectivity index (χ1v) is 5.48. The molecule has 3 heteroatoms. The summed E-state index contributed by atoms with van der Waals surface area (Å²) in [7, 11) is 0. The Morgan fingerprint density at radius 2 is 1.86 bits per heavy atom. The molecule has 0 aromatic carbocycles. The molecule has 0 radical (unpaired) electrons. The normalized spacial score (nSPS) is 17.2. The average molecular weight is 201 g/mol. The molecule has 0 saturated carbocycles. The molecule has 0 spiro atoms. The van der Waals surface area contributed by atoms with Crippen molar-refractivity contribution in [1.29, 1.82) is 0 Å². The number of hydrogen-bond donors (Lipinski definition) is 2. The van der Waals surface area contributed by atoms with E-state index in [1.54, 1.807) is 0 Å². The van der Waals surface area contributed by atoms with Crippen LogP contribution in [0.15, 0.2) is 0 Å². The van der Waals surface area contributed by atoms with E-state index >= 15 is 0 Å². The summed E-state index contributed by atoms with van der Waals surface area (Å²) in [5.41, 5.74) is 0. The molecule has 3 atom stereocenters. The van der Waals surface area contributed by atoms with Crippen molar-refractivity contribution >= 4 is 5.91 Å². The van der Waals surface area contributed by atoms with E-state index in [0.29, 0.717) is 6.54 Å². The molecule has 0 aliphatic carbocycles. The van der Waals surface area contributed by atoms with E-state index in [1.807, 2.05) is 27.7 Å². The number of aliphatic hydroxyl groups excluding tert-OH is 1. The van der Waals surface area contributed by atoms with Gasteiger partial charge < -0.3 is 10.4 Å². The van der Waals surface area contributed by atoms with Gasteiger partial charge >= 0.3 is 0 Å². The Labute approximate surface area is 86.9 Å². The number of aliphatic hydroxyl groups is 1. The van der Waals surface area contributed by atoms with Crippen LogP contribution >= 0.6 is 0 Å². The van der Waals surface area contributed by atoms with Gasteiger partial charge in [0.05, 0.1) is 6.10 Å². The summed E-state index contributed by atoms with van der Waals surface area (Å²) in [6.45, 7) is 8.27. The molecule has 0 heterocycles. The van der Waals surface area contributed by atoms with E-state index in [1.165, 1.54) is 0 Å². The van der Waals surface area contributed by atoms with Crippen molar-refractivity contribution in [3.8, 4) is 0 Å². The third kappa shape index (κ3) is 4.61. The smallest absolute Gasteiger partial charge is 0.222 e. The van der Waals surface area contributed by atoms with E-state index in [-0.39, 0.29) is 17.7 Å². The highest BCUT2D eigenvalue weighted by atomic mass is 16.3. The number of hydrogen-bond acceptors (Lipinski definition) is 2. The molecular weight excluding hydrogens is 178 g/mol. The summed E-state index contributed by atoms with van der Waals surface area (Å²) < 4.78 is 0. The van der Waals surface area contributed by atoms with Crippen molar-refractivity contribution in [3.63, 3.8) is 0 Å². The number of carbonyl (C=O) groups is 1. The summed E-state index contributed by atoms with van der Waals surface area (Å²) in [5.74, 6) is 0.321. The van der Waals surface area contributed by atoms with Crippen LogP contribution in [0, 0.1) is 11.8 Å². The Balaban J connectivity index is 3.77. The Morgan fingerprint density at radius 3 is 2.29 bits per heavy atom. The second kappa shape index (κ2) is 6.82. The molecule has 0 unspecified atom stereocenters. The molecule has 84 valence electrons. The molecule has 1 amide bonds. The lowest BCUT2D eigenvalue weighted by Crippen LogP contribution is -2.37. The molecule has 2 N–H and O–H groups in total. The SMILES string of the molecule is CC[C@H](C)C(=O)NC[C@@H](O)[C@@H](C)CC. The Hall–Kier alpha value is -0.570. The maximum Gasteiger partial charge on any atom is 0.222 e. The number of nitrogens with one attached hydrogen (secondary N) is 1. The van der Waals surface area contributed by atoms with Crippen LogP contribution in [0.3, 0.4) is 0 Å². The minimum atomic E-state index is -0.423. The molecule has 3 nitrogen and oxygen atoms in total. The lowest BCUT2D eigenvalue weighted by molar-refractivity contribution is -0.125. The fourth-order valence-corrected chi connectivity index (χ4v) is 1.04. The Kier molecular flexibility index (Phi) is 6.54. The van der Waals surface area contributed by atoms with Gasteiger partial charge in [-0.05, 0) is 12.3 Å². The predicted molar refractivity (Wildman–Crippen MR) is 57.9 cm³/mol. The van der Waals surface area contributed by atoms with Crippen LogP contribution in [0.4, 0.5) is 0 Å². The number of amides is 1. The van der Waals surface area contributed by atoms with Gasteiger partial charge in [-0.2, -0.15) is 0 Å². The van der Waals surface area contributed by atoms with E-state index in [9.17, 15) is 9.90 Å². The van der Waals surface area contributed by atoms with Gasteiger partial charge in [-0.3, -0.25) is 4.79 Å². The third-order valence-corrected chi connectivity index (χ3v) is 2.85. The van der Waals surface area contributed by atoms with E-state index < -0.39 is 6.10 Å². The van der Waals surface area contributed by atoms with Crippen LogP contribution in [-0.2, 0) is 4.79 Å². The quantitative estimate of drug-likeness (QED) is 0.685. The summed E-state index contributed by atoms with van der Waals surface area (Å²) in [4.78, 5) is 11.4. The fourth-order valence-electron chi connectivity index (χ4n) is 1.04. The summed E-state index contributed by atoms with van der Waals surface area (Å²) in [6.07, 6.45) is 1.35. The van der Waals surface area contributed by atoms with Crippen LogP contribution in [0.2, 0.25) is 0 Å². The van der Waals surface area contributed by atoms with Gasteiger partial charge in [0.25, 0.3) is 0 Å². The van der Waals surface area contributed by atoms with Crippen LogP contribution < -0.4 is 5.32 Å².